The van der Waals surface area contributed by atoms with E-state index < -0.39 is 5.97 Å². The fraction of sp³-hybridized carbons (Fsp3) is 0.643. The Kier molecular flexibility index (Phi) is 2.90. The summed E-state index contributed by atoms with van der Waals surface area (Å²) in [5.74, 6) is 2.59. The summed E-state index contributed by atoms with van der Waals surface area (Å²) < 4.78 is 5.83. The van der Waals surface area contributed by atoms with Gasteiger partial charge in [-0.2, -0.15) is 0 Å². The lowest BCUT2D eigenvalue weighted by atomic mass is 10.2. The summed E-state index contributed by atoms with van der Waals surface area (Å²) in [6, 6.07) is 3.71. The smallest absolute Gasteiger partial charge is 0.320 e. The van der Waals surface area contributed by atoms with Gasteiger partial charge in [-0.05, 0) is 43.9 Å². The van der Waals surface area contributed by atoms with Gasteiger partial charge in [0.2, 0.25) is 0 Å². The molecule has 0 aromatic carbocycles. The molecule has 0 amide bonds. The first-order valence-electron chi connectivity index (χ1n) is 6.70. The van der Waals surface area contributed by atoms with E-state index in [0.717, 1.165) is 36.8 Å². The summed E-state index contributed by atoms with van der Waals surface area (Å²) in [6.07, 6.45) is 2.93. The maximum Gasteiger partial charge on any atom is 0.320 e. The maximum atomic E-state index is 11.1. The van der Waals surface area contributed by atoms with Crippen LogP contribution in [-0.2, 0) is 11.3 Å². The van der Waals surface area contributed by atoms with E-state index in [4.69, 9.17) is 9.52 Å². The van der Waals surface area contributed by atoms with Crippen LogP contribution < -0.4 is 0 Å². The number of furan rings is 1. The molecule has 1 aromatic rings. The van der Waals surface area contributed by atoms with Crippen LogP contribution in [0.25, 0.3) is 0 Å². The summed E-state index contributed by atoms with van der Waals surface area (Å²) in [5, 5.41) is 9.13. The molecule has 98 valence electrons. The molecule has 1 N–H and O–H groups in total. The Balaban J connectivity index is 1.65. The molecule has 4 heteroatoms. The second-order valence-electron chi connectivity index (χ2n) is 5.59. The number of hydrogen-bond acceptors (Lipinski definition) is 3. The average Bonchev–Trinajstić information content (AvgIpc) is 2.80. The summed E-state index contributed by atoms with van der Waals surface area (Å²) in [4.78, 5) is 13.1. The monoisotopic (exact) mass is 249 g/mol. The van der Waals surface area contributed by atoms with Crippen LogP contribution in [0, 0.1) is 5.92 Å². The van der Waals surface area contributed by atoms with Crippen molar-refractivity contribution in [3.05, 3.63) is 23.7 Å². The third-order valence-corrected chi connectivity index (χ3v) is 4.17. The number of carbonyl (C=O) groups is 1. The maximum absolute atomic E-state index is 11.1. The highest BCUT2D eigenvalue weighted by molar-refractivity contribution is 5.73. The number of carboxylic acid groups (broad SMARTS) is 1. The molecule has 1 saturated carbocycles. The standard InChI is InChI=1S/C14H19NO3/c1-9-7-11(9)13-5-4-10(18-13)8-15-6-2-3-12(15)14(16)17/h4-5,9,11-12H,2-3,6-8H2,1H3,(H,16,17)/t9?,11?,12-/m1/s1. The Labute approximate surface area is 107 Å². The lowest BCUT2D eigenvalue weighted by molar-refractivity contribution is -0.142. The van der Waals surface area contributed by atoms with Gasteiger partial charge in [-0.1, -0.05) is 6.92 Å². The first-order valence-corrected chi connectivity index (χ1v) is 6.70. The normalized spacial score (nSPS) is 31.7. The van der Waals surface area contributed by atoms with Crippen LogP contribution in [0.15, 0.2) is 16.5 Å². The highest BCUT2D eigenvalue weighted by Gasteiger charge is 2.37. The zero-order chi connectivity index (χ0) is 12.7. The van der Waals surface area contributed by atoms with E-state index >= 15 is 0 Å². The molecular formula is C14H19NO3. The number of aliphatic carboxylic acids is 1. The molecule has 3 atom stereocenters. The molecule has 4 nitrogen and oxygen atoms in total. The van der Waals surface area contributed by atoms with Crippen molar-refractivity contribution in [2.45, 2.75) is 44.7 Å². The SMILES string of the molecule is CC1CC1c1ccc(CN2CCC[C@@H]2C(=O)O)o1. The Bertz CT molecular complexity index is 454. The van der Waals surface area contributed by atoms with Gasteiger partial charge < -0.3 is 9.52 Å². The van der Waals surface area contributed by atoms with Gasteiger partial charge in [-0.15, -0.1) is 0 Å². The lowest BCUT2D eigenvalue weighted by Gasteiger charge is -2.19. The second kappa shape index (κ2) is 4.43. The van der Waals surface area contributed by atoms with Crippen molar-refractivity contribution < 1.29 is 14.3 Å². The van der Waals surface area contributed by atoms with Crippen LogP contribution >= 0.6 is 0 Å². The van der Waals surface area contributed by atoms with Crippen LogP contribution in [0.2, 0.25) is 0 Å². The quantitative estimate of drug-likeness (QED) is 0.890. The van der Waals surface area contributed by atoms with Crippen LogP contribution in [0.5, 0.6) is 0 Å². The van der Waals surface area contributed by atoms with Crippen molar-refractivity contribution >= 4 is 5.97 Å². The van der Waals surface area contributed by atoms with Crippen molar-refractivity contribution in [2.24, 2.45) is 5.92 Å². The number of nitrogens with zero attached hydrogens (tertiary/aromatic N) is 1. The van der Waals surface area contributed by atoms with Crippen molar-refractivity contribution in [1.29, 1.82) is 0 Å². The zero-order valence-electron chi connectivity index (χ0n) is 10.6. The molecule has 0 radical (unpaired) electrons. The van der Waals surface area contributed by atoms with Gasteiger partial charge in [0.1, 0.15) is 17.6 Å². The average molecular weight is 249 g/mol. The predicted octanol–water partition coefficient (Wildman–Crippen LogP) is 2.45. The first-order chi connectivity index (χ1) is 8.65. The molecule has 3 rings (SSSR count). The first kappa shape index (κ1) is 11.8. The summed E-state index contributed by atoms with van der Waals surface area (Å²) in [5.41, 5.74) is 0. The third-order valence-electron chi connectivity index (χ3n) is 4.17. The number of likely N-dealkylation sites (tertiary alicyclic amines) is 1. The fourth-order valence-corrected chi connectivity index (χ4v) is 2.89. The molecule has 1 saturated heterocycles. The highest BCUT2D eigenvalue weighted by Crippen LogP contribution is 2.47. The largest absolute Gasteiger partial charge is 0.480 e. The van der Waals surface area contributed by atoms with E-state index in [1.165, 1.54) is 6.42 Å². The molecule has 18 heavy (non-hydrogen) atoms. The molecule has 2 aliphatic rings. The summed E-state index contributed by atoms with van der Waals surface area (Å²) in [6.45, 7) is 3.71. The number of hydrogen-bond donors (Lipinski definition) is 1. The van der Waals surface area contributed by atoms with E-state index in [9.17, 15) is 4.79 Å². The van der Waals surface area contributed by atoms with Gasteiger partial charge in [0.05, 0.1) is 6.54 Å². The number of carboxylic acids is 1. The van der Waals surface area contributed by atoms with E-state index in [-0.39, 0.29) is 6.04 Å². The minimum atomic E-state index is -0.713. The molecule has 1 aromatic heterocycles. The minimum absolute atomic E-state index is 0.335. The van der Waals surface area contributed by atoms with Gasteiger partial charge in [0.25, 0.3) is 0 Å². The van der Waals surface area contributed by atoms with Crippen molar-refractivity contribution in [2.75, 3.05) is 6.54 Å². The highest BCUT2D eigenvalue weighted by atomic mass is 16.4. The van der Waals surface area contributed by atoms with Crippen molar-refractivity contribution in [1.82, 2.24) is 4.90 Å². The lowest BCUT2D eigenvalue weighted by Crippen LogP contribution is -2.35. The van der Waals surface area contributed by atoms with Gasteiger partial charge in [0.15, 0.2) is 0 Å². The fourth-order valence-electron chi connectivity index (χ4n) is 2.89. The minimum Gasteiger partial charge on any atom is -0.480 e. The molecular weight excluding hydrogens is 230 g/mol. The van der Waals surface area contributed by atoms with E-state index in [1.54, 1.807) is 0 Å². The van der Waals surface area contributed by atoms with Crippen LogP contribution in [-0.4, -0.2) is 28.6 Å². The molecule has 2 heterocycles. The van der Waals surface area contributed by atoms with Gasteiger partial charge in [-0.3, -0.25) is 9.69 Å². The van der Waals surface area contributed by atoms with Gasteiger partial charge >= 0.3 is 5.97 Å². The Hall–Kier alpha value is -1.29. The molecule has 1 aliphatic heterocycles. The molecule has 2 unspecified atom stereocenters. The van der Waals surface area contributed by atoms with Crippen LogP contribution in [0.1, 0.15) is 43.6 Å². The van der Waals surface area contributed by atoms with Gasteiger partial charge in [0, 0.05) is 5.92 Å². The molecule has 2 fully saturated rings. The third kappa shape index (κ3) is 2.17. The van der Waals surface area contributed by atoms with Crippen molar-refractivity contribution in [3.8, 4) is 0 Å². The van der Waals surface area contributed by atoms with E-state index in [2.05, 4.69) is 13.0 Å². The molecule has 0 spiro atoms. The Morgan fingerprint density at radius 1 is 1.56 bits per heavy atom. The Morgan fingerprint density at radius 3 is 3.00 bits per heavy atom. The van der Waals surface area contributed by atoms with Crippen molar-refractivity contribution in [3.63, 3.8) is 0 Å². The zero-order valence-corrected chi connectivity index (χ0v) is 10.6. The topological polar surface area (TPSA) is 53.7 Å². The van der Waals surface area contributed by atoms with E-state index in [0.29, 0.717) is 12.5 Å². The van der Waals surface area contributed by atoms with Crippen LogP contribution in [0.3, 0.4) is 0 Å². The van der Waals surface area contributed by atoms with Crippen LogP contribution in [0.4, 0.5) is 0 Å². The predicted molar refractivity (Wildman–Crippen MR) is 66.3 cm³/mol. The summed E-state index contributed by atoms with van der Waals surface area (Å²) >= 11 is 0. The molecule has 0 bridgehead atoms. The van der Waals surface area contributed by atoms with E-state index in [1.807, 2.05) is 11.0 Å². The molecule has 1 aliphatic carbocycles. The van der Waals surface area contributed by atoms with Gasteiger partial charge in [-0.25, -0.2) is 0 Å². The Morgan fingerprint density at radius 2 is 2.33 bits per heavy atom. The second-order valence-corrected chi connectivity index (χ2v) is 5.59. The summed E-state index contributed by atoms with van der Waals surface area (Å²) in [7, 11) is 0. The number of rotatable bonds is 4.